The van der Waals surface area contributed by atoms with Crippen molar-refractivity contribution in [3.63, 3.8) is 0 Å². The lowest BCUT2D eigenvalue weighted by Gasteiger charge is -2.10. The molecule has 0 unspecified atom stereocenters. The highest BCUT2D eigenvalue weighted by atomic mass is 79.9. The van der Waals surface area contributed by atoms with Crippen molar-refractivity contribution in [1.82, 2.24) is 0 Å². The highest BCUT2D eigenvalue weighted by Crippen LogP contribution is 2.25. The minimum atomic E-state index is -0.938. The number of benzene rings is 1. The fourth-order valence-corrected chi connectivity index (χ4v) is 3.04. The maximum atomic E-state index is 11.2. The third-order valence-electron chi connectivity index (χ3n) is 2.66. The number of carbonyl (C=O) groups is 1. The van der Waals surface area contributed by atoms with E-state index in [1.54, 1.807) is 23.5 Å². The molecule has 0 saturated carbocycles. The van der Waals surface area contributed by atoms with E-state index in [0.717, 1.165) is 0 Å². The van der Waals surface area contributed by atoms with E-state index in [1.807, 2.05) is 13.0 Å². The molecule has 0 aliphatic rings. The first kappa shape index (κ1) is 13.1. The Morgan fingerprint density at radius 3 is 2.83 bits per heavy atom. The zero-order valence-electron chi connectivity index (χ0n) is 9.74. The number of hydrogen-bond donors (Lipinski definition) is 2. The average Bonchev–Trinajstić information content (AvgIpc) is 2.71. The van der Waals surface area contributed by atoms with E-state index in [0.29, 0.717) is 16.7 Å². The van der Waals surface area contributed by atoms with Crippen molar-refractivity contribution < 1.29 is 9.90 Å². The Bertz CT molecular complexity index is 580. The van der Waals surface area contributed by atoms with Gasteiger partial charge in [0.05, 0.1) is 11.3 Å². The lowest BCUT2D eigenvalue weighted by atomic mass is 10.1. The van der Waals surface area contributed by atoms with Gasteiger partial charge < -0.3 is 10.4 Å². The van der Waals surface area contributed by atoms with Crippen LogP contribution in [0.5, 0.6) is 0 Å². The molecular formula is C13H12BrNO2S. The summed E-state index contributed by atoms with van der Waals surface area (Å²) in [6, 6.07) is 5.32. The second-order valence-corrected chi connectivity index (χ2v) is 5.50. The van der Waals surface area contributed by atoms with E-state index in [9.17, 15) is 9.90 Å². The van der Waals surface area contributed by atoms with Crippen LogP contribution in [0.1, 0.15) is 21.5 Å². The van der Waals surface area contributed by atoms with Crippen LogP contribution in [0.3, 0.4) is 0 Å². The van der Waals surface area contributed by atoms with Crippen molar-refractivity contribution in [2.24, 2.45) is 0 Å². The minimum Gasteiger partial charge on any atom is -0.478 e. The molecular weight excluding hydrogens is 314 g/mol. The fraction of sp³-hybridized carbons (Fsp3) is 0.154. The number of aromatic carboxylic acids is 1. The molecule has 0 saturated heterocycles. The average molecular weight is 326 g/mol. The summed E-state index contributed by atoms with van der Waals surface area (Å²) in [6.07, 6.45) is 0. The zero-order valence-corrected chi connectivity index (χ0v) is 12.1. The minimum absolute atomic E-state index is 0.269. The van der Waals surface area contributed by atoms with Crippen molar-refractivity contribution in [2.75, 3.05) is 5.32 Å². The Morgan fingerprint density at radius 2 is 2.22 bits per heavy atom. The van der Waals surface area contributed by atoms with Gasteiger partial charge in [0.15, 0.2) is 0 Å². The Labute approximate surface area is 118 Å². The predicted molar refractivity (Wildman–Crippen MR) is 77.5 cm³/mol. The smallest absolute Gasteiger partial charge is 0.338 e. The normalized spacial score (nSPS) is 10.3. The van der Waals surface area contributed by atoms with E-state index in [4.69, 9.17) is 0 Å². The van der Waals surface area contributed by atoms with Crippen LogP contribution in [0.25, 0.3) is 0 Å². The van der Waals surface area contributed by atoms with Crippen LogP contribution in [0.2, 0.25) is 0 Å². The molecule has 1 aromatic heterocycles. The van der Waals surface area contributed by atoms with Gasteiger partial charge in [0, 0.05) is 11.0 Å². The van der Waals surface area contributed by atoms with E-state index in [-0.39, 0.29) is 5.56 Å². The maximum absolute atomic E-state index is 11.2. The number of anilines is 1. The summed E-state index contributed by atoms with van der Waals surface area (Å²) < 4.78 is 0.585. The number of aryl methyl sites for hydroxylation is 1. The number of halogens is 1. The topological polar surface area (TPSA) is 49.3 Å². The fourth-order valence-electron chi connectivity index (χ4n) is 1.65. The van der Waals surface area contributed by atoms with Crippen molar-refractivity contribution in [3.05, 3.63) is 50.1 Å². The van der Waals surface area contributed by atoms with Gasteiger partial charge in [0.2, 0.25) is 0 Å². The summed E-state index contributed by atoms with van der Waals surface area (Å²) in [4.78, 5) is 11.2. The molecule has 2 N–H and O–H groups in total. The molecule has 5 heteroatoms. The molecule has 0 aliphatic heterocycles. The van der Waals surface area contributed by atoms with Gasteiger partial charge in [0.25, 0.3) is 0 Å². The molecule has 3 nitrogen and oxygen atoms in total. The van der Waals surface area contributed by atoms with Crippen LogP contribution in [-0.2, 0) is 6.54 Å². The quantitative estimate of drug-likeness (QED) is 0.888. The first-order valence-corrected chi connectivity index (χ1v) is 7.10. The van der Waals surface area contributed by atoms with Gasteiger partial charge in [0.1, 0.15) is 0 Å². The van der Waals surface area contributed by atoms with Crippen LogP contribution in [0.15, 0.2) is 33.4 Å². The molecule has 0 spiro atoms. The maximum Gasteiger partial charge on any atom is 0.338 e. The summed E-state index contributed by atoms with van der Waals surface area (Å²) in [6.45, 7) is 2.68. The molecule has 0 aliphatic carbocycles. The zero-order chi connectivity index (χ0) is 13.1. The van der Waals surface area contributed by atoms with E-state index in [2.05, 4.69) is 32.0 Å². The van der Waals surface area contributed by atoms with Gasteiger partial charge in [-0.25, -0.2) is 4.79 Å². The molecule has 0 amide bonds. The van der Waals surface area contributed by atoms with Crippen molar-refractivity contribution in [3.8, 4) is 0 Å². The second-order valence-electron chi connectivity index (χ2n) is 3.90. The molecule has 0 atom stereocenters. The van der Waals surface area contributed by atoms with Crippen molar-refractivity contribution in [1.29, 1.82) is 0 Å². The molecule has 18 heavy (non-hydrogen) atoms. The number of rotatable bonds is 4. The lowest BCUT2D eigenvalue weighted by Crippen LogP contribution is -2.07. The van der Waals surface area contributed by atoms with Crippen LogP contribution < -0.4 is 5.32 Å². The van der Waals surface area contributed by atoms with Crippen LogP contribution in [0.4, 0.5) is 5.69 Å². The number of carboxylic acid groups (broad SMARTS) is 1. The van der Waals surface area contributed by atoms with E-state index < -0.39 is 5.97 Å². The van der Waals surface area contributed by atoms with Crippen LogP contribution >= 0.6 is 27.3 Å². The number of nitrogens with one attached hydrogen (secondary N) is 1. The monoisotopic (exact) mass is 325 g/mol. The molecule has 0 bridgehead atoms. The highest BCUT2D eigenvalue weighted by molar-refractivity contribution is 9.10. The first-order valence-electron chi connectivity index (χ1n) is 5.37. The SMILES string of the molecule is Cc1cscc1CNc1cccc(Br)c1C(=O)O. The van der Waals surface area contributed by atoms with Gasteiger partial charge in [-0.2, -0.15) is 11.3 Å². The molecule has 0 radical (unpaired) electrons. The standard InChI is InChI=1S/C13H12BrNO2S/c1-8-6-18-7-9(8)5-15-11-4-2-3-10(14)12(11)13(16)17/h2-4,6-7,15H,5H2,1H3,(H,16,17). The summed E-state index contributed by atoms with van der Waals surface area (Å²) in [5.74, 6) is -0.938. The van der Waals surface area contributed by atoms with Crippen LogP contribution in [-0.4, -0.2) is 11.1 Å². The predicted octanol–water partition coefficient (Wildman–Crippen LogP) is 4.13. The number of carboxylic acids is 1. The Balaban J connectivity index is 2.22. The Kier molecular flexibility index (Phi) is 4.04. The van der Waals surface area contributed by atoms with Gasteiger partial charge >= 0.3 is 5.97 Å². The highest BCUT2D eigenvalue weighted by Gasteiger charge is 2.13. The molecule has 94 valence electrons. The molecule has 2 rings (SSSR count). The Hall–Kier alpha value is -1.33. The third-order valence-corrected chi connectivity index (χ3v) is 4.23. The van der Waals surface area contributed by atoms with Gasteiger partial charge in [-0.3, -0.25) is 0 Å². The largest absolute Gasteiger partial charge is 0.478 e. The summed E-state index contributed by atoms with van der Waals surface area (Å²) in [7, 11) is 0. The van der Waals surface area contributed by atoms with Crippen molar-refractivity contribution in [2.45, 2.75) is 13.5 Å². The molecule has 0 fully saturated rings. The first-order chi connectivity index (χ1) is 8.59. The van der Waals surface area contributed by atoms with Crippen LogP contribution in [0, 0.1) is 6.92 Å². The van der Waals surface area contributed by atoms with Gasteiger partial charge in [-0.15, -0.1) is 0 Å². The Morgan fingerprint density at radius 1 is 1.44 bits per heavy atom. The number of thiophene rings is 1. The molecule has 2 aromatic rings. The lowest BCUT2D eigenvalue weighted by molar-refractivity contribution is 0.0697. The summed E-state index contributed by atoms with van der Waals surface area (Å²) in [5.41, 5.74) is 3.31. The van der Waals surface area contributed by atoms with Crippen molar-refractivity contribution >= 4 is 38.9 Å². The van der Waals surface area contributed by atoms with E-state index >= 15 is 0 Å². The molecule has 1 aromatic carbocycles. The second kappa shape index (κ2) is 5.54. The van der Waals surface area contributed by atoms with Gasteiger partial charge in [-0.05, 0) is 56.9 Å². The summed E-state index contributed by atoms with van der Waals surface area (Å²) >= 11 is 4.91. The third kappa shape index (κ3) is 2.73. The summed E-state index contributed by atoms with van der Waals surface area (Å²) in [5, 5.41) is 16.5. The van der Waals surface area contributed by atoms with E-state index in [1.165, 1.54) is 11.1 Å². The molecule has 1 heterocycles. The van der Waals surface area contributed by atoms with Gasteiger partial charge in [-0.1, -0.05) is 6.07 Å². The number of hydrogen-bond acceptors (Lipinski definition) is 3.